The van der Waals surface area contributed by atoms with E-state index in [0.717, 1.165) is 62.2 Å². The Bertz CT molecular complexity index is 1210. The van der Waals surface area contributed by atoms with E-state index in [1.54, 1.807) is 12.4 Å². The van der Waals surface area contributed by atoms with Crippen LogP contribution in [-0.4, -0.2) is 63.6 Å². The molecule has 1 saturated heterocycles. The third-order valence-corrected chi connectivity index (χ3v) is 5.98. The lowest BCUT2D eigenvalue weighted by molar-refractivity contribution is 0.370. The smallest absolute Gasteiger partial charge is 0.225 e. The molecule has 0 amide bonds. The van der Waals surface area contributed by atoms with Gasteiger partial charge in [0.25, 0.3) is 0 Å². The molecule has 0 aliphatic carbocycles. The monoisotopic (exact) mass is 440 g/mol. The molecule has 8 heteroatoms. The fraction of sp³-hybridized carbons (Fsp3) is 0.280. The first-order chi connectivity index (χ1) is 16.3. The van der Waals surface area contributed by atoms with Gasteiger partial charge in [-0.1, -0.05) is 36.4 Å². The van der Waals surface area contributed by atoms with Crippen molar-refractivity contribution in [3.63, 3.8) is 0 Å². The second-order valence-electron chi connectivity index (χ2n) is 8.10. The van der Waals surface area contributed by atoms with Crippen LogP contribution in [-0.2, 0) is 13.1 Å². The Labute approximate surface area is 193 Å². The van der Waals surface area contributed by atoms with Crippen LogP contribution in [0, 0.1) is 0 Å². The van der Waals surface area contributed by atoms with E-state index in [1.807, 2.05) is 31.6 Å². The van der Waals surface area contributed by atoms with Crippen molar-refractivity contribution in [2.75, 3.05) is 38.1 Å². The largest absolute Gasteiger partial charge is 0.352 e. The molecule has 1 N–H and O–H groups in total. The number of nitrogens with zero attached hydrogens (tertiary/aromatic N) is 7. The molecule has 0 unspecified atom stereocenters. The Morgan fingerprint density at radius 3 is 2.36 bits per heavy atom. The molecule has 3 heterocycles. The van der Waals surface area contributed by atoms with Crippen LogP contribution < -0.4 is 10.2 Å². The predicted molar refractivity (Wildman–Crippen MR) is 131 cm³/mol. The number of anilines is 1. The van der Waals surface area contributed by atoms with Gasteiger partial charge in [-0.25, -0.2) is 15.0 Å². The van der Waals surface area contributed by atoms with Crippen molar-refractivity contribution in [2.24, 2.45) is 4.99 Å². The maximum Gasteiger partial charge on any atom is 0.225 e. The molecule has 33 heavy (non-hydrogen) atoms. The lowest BCUT2D eigenvalue weighted by atomic mass is 10.1. The lowest BCUT2D eigenvalue weighted by Crippen LogP contribution is -2.52. The summed E-state index contributed by atoms with van der Waals surface area (Å²) in [4.78, 5) is 22.2. The maximum atomic E-state index is 4.49. The van der Waals surface area contributed by atoms with Crippen molar-refractivity contribution in [3.05, 3.63) is 84.4 Å². The Kier molecular flexibility index (Phi) is 6.14. The molecule has 1 aliphatic heterocycles. The molecular weight excluding hydrogens is 412 g/mol. The number of para-hydroxylation sites is 2. The van der Waals surface area contributed by atoms with Crippen LogP contribution in [0.5, 0.6) is 0 Å². The van der Waals surface area contributed by atoms with Crippen LogP contribution in [0.2, 0.25) is 0 Å². The number of piperazine rings is 1. The maximum absolute atomic E-state index is 4.49. The quantitative estimate of drug-likeness (QED) is 0.380. The molecule has 2 aromatic carbocycles. The Hall–Kier alpha value is -3.94. The van der Waals surface area contributed by atoms with Crippen molar-refractivity contribution < 1.29 is 0 Å². The zero-order chi connectivity index (χ0) is 22.5. The number of imidazole rings is 1. The molecule has 168 valence electrons. The third-order valence-electron chi connectivity index (χ3n) is 5.98. The van der Waals surface area contributed by atoms with Crippen molar-refractivity contribution >= 4 is 22.9 Å². The average molecular weight is 441 g/mol. The first kappa shape index (κ1) is 20.9. The van der Waals surface area contributed by atoms with E-state index in [0.29, 0.717) is 0 Å². The van der Waals surface area contributed by atoms with Gasteiger partial charge in [0.1, 0.15) is 0 Å². The fourth-order valence-corrected chi connectivity index (χ4v) is 4.18. The highest BCUT2D eigenvalue weighted by Gasteiger charge is 2.21. The minimum absolute atomic E-state index is 0.739. The zero-order valence-corrected chi connectivity index (χ0v) is 18.8. The van der Waals surface area contributed by atoms with Crippen molar-refractivity contribution in [3.8, 4) is 0 Å². The van der Waals surface area contributed by atoms with Crippen molar-refractivity contribution in [2.45, 2.75) is 13.1 Å². The number of hydrogen-bond donors (Lipinski definition) is 1. The number of benzene rings is 2. The van der Waals surface area contributed by atoms with Gasteiger partial charge in [0.15, 0.2) is 5.96 Å². The van der Waals surface area contributed by atoms with Gasteiger partial charge in [-0.15, -0.1) is 0 Å². The summed E-state index contributed by atoms with van der Waals surface area (Å²) in [5.41, 5.74) is 4.67. The average Bonchev–Trinajstić information content (AvgIpc) is 3.29. The van der Waals surface area contributed by atoms with Crippen LogP contribution in [0.4, 0.5) is 5.95 Å². The number of fused-ring (bicyclic) bond motifs is 1. The molecule has 1 aliphatic rings. The minimum Gasteiger partial charge on any atom is -0.352 e. The third kappa shape index (κ3) is 4.79. The van der Waals surface area contributed by atoms with Crippen molar-refractivity contribution in [1.29, 1.82) is 0 Å². The summed E-state index contributed by atoms with van der Waals surface area (Å²) < 4.78 is 2.19. The molecule has 4 aromatic rings. The van der Waals surface area contributed by atoms with Gasteiger partial charge in [0, 0.05) is 58.7 Å². The van der Waals surface area contributed by atoms with Gasteiger partial charge in [-0.2, -0.15) is 0 Å². The van der Waals surface area contributed by atoms with E-state index in [9.17, 15) is 0 Å². The molecule has 0 bridgehead atoms. The lowest BCUT2D eigenvalue weighted by Gasteiger charge is -2.36. The molecule has 2 aromatic heterocycles. The van der Waals surface area contributed by atoms with Gasteiger partial charge in [-0.3, -0.25) is 4.99 Å². The highest BCUT2D eigenvalue weighted by molar-refractivity contribution is 5.80. The van der Waals surface area contributed by atoms with E-state index in [4.69, 9.17) is 0 Å². The number of rotatable bonds is 5. The van der Waals surface area contributed by atoms with Gasteiger partial charge < -0.3 is 19.7 Å². The molecule has 5 rings (SSSR count). The minimum atomic E-state index is 0.739. The van der Waals surface area contributed by atoms with Gasteiger partial charge in [-0.05, 0) is 29.3 Å². The molecule has 0 atom stereocenters. The van der Waals surface area contributed by atoms with E-state index < -0.39 is 0 Å². The van der Waals surface area contributed by atoms with Crippen molar-refractivity contribution in [1.82, 2.24) is 29.7 Å². The zero-order valence-electron chi connectivity index (χ0n) is 18.8. The van der Waals surface area contributed by atoms with E-state index in [-0.39, 0.29) is 0 Å². The summed E-state index contributed by atoms with van der Waals surface area (Å²) in [5, 5.41) is 3.51. The second kappa shape index (κ2) is 9.68. The van der Waals surface area contributed by atoms with Crippen LogP contribution in [0.3, 0.4) is 0 Å². The highest BCUT2D eigenvalue weighted by Crippen LogP contribution is 2.15. The van der Waals surface area contributed by atoms with Crippen LogP contribution in [0.15, 0.2) is 78.3 Å². The number of aromatic nitrogens is 4. The predicted octanol–water partition coefficient (Wildman–Crippen LogP) is 2.77. The second-order valence-corrected chi connectivity index (χ2v) is 8.10. The summed E-state index contributed by atoms with van der Waals surface area (Å²) >= 11 is 0. The molecule has 0 saturated carbocycles. The standard InChI is InChI=1S/C25H28N8/c1-26-24(31-13-15-32(16-14-31)25-27-11-4-12-28-25)29-17-20-7-9-21(10-8-20)18-33-19-30-22-5-2-3-6-23(22)33/h2-12,19H,13-18H2,1H3,(H,26,29). The Balaban J connectivity index is 1.14. The summed E-state index contributed by atoms with van der Waals surface area (Å²) in [6.07, 6.45) is 5.49. The Morgan fingerprint density at radius 1 is 0.879 bits per heavy atom. The van der Waals surface area contributed by atoms with Crippen LogP contribution in [0.25, 0.3) is 11.0 Å². The van der Waals surface area contributed by atoms with E-state index in [2.05, 4.69) is 76.0 Å². The SMILES string of the molecule is CN=C(NCc1ccc(Cn2cnc3ccccc32)cc1)N1CCN(c2ncccn2)CC1. The fourth-order valence-electron chi connectivity index (χ4n) is 4.18. The molecule has 8 nitrogen and oxygen atoms in total. The highest BCUT2D eigenvalue weighted by atomic mass is 15.4. The normalized spacial score (nSPS) is 14.6. The van der Waals surface area contributed by atoms with E-state index in [1.165, 1.54) is 11.1 Å². The van der Waals surface area contributed by atoms with Gasteiger partial charge >= 0.3 is 0 Å². The Morgan fingerprint density at radius 2 is 1.61 bits per heavy atom. The van der Waals surface area contributed by atoms with Gasteiger partial charge in [0.05, 0.1) is 17.4 Å². The van der Waals surface area contributed by atoms with Gasteiger partial charge in [0.2, 0.25) is 5.95 Å². The van der Waals surface area contributed by atoms with Crippen LogP contribution >= 0.6 is 0 Å². The summed E-state index contributed by atoms with van der Waals surface area (Å²) in [6.45, 7) is 5.07. The first-order valence-electron chi connectivity index (χ1n) is 11.3. The number of nitrogens with one attached hydrogen (secondary N) is 1. The number of aliphatic imine (C=N–C) groups is 1. The summed E-state index contributed by atoms with van der Waals surface area (Å²) in [5.74, 6) is 1.72. The summed E-state index contributed by atoms with van der Waals surface area (Å²) in [7, 11) is 1.84. The molecule has 1 fully saturated rings. The topological polar surface area (TPSA) is 74.5 Å². The number of guanidine groups is 1. The summed E-state index contributed by atoms with van der Waals surface area (Å²) in [6, 6.07) is 18.8. The first-order valence-corrected chi connectivity index (χ1v) is 11.3. The van der Waals surface area contributed by atoms with E-state index >= 15 is 0 Å². The molecule has 0 radical (unpaired) electrons. The van der Waals surface area contributed by atoms with Crippen LogP contribution in [0.1, 0.15) is 11.1 Å². The molecule has 0 spiro atoms. The number of hydrogen-bond acceptors (Lipinski definition) is 5. The molecular formula is C25H28N8.